The second kappa shape index (κ2) is 13.1. The van der Waals surface area contributed by atoms with Gasteiger partial charge < -0.3 is 15.4 Å². The van der Waals surface area contributed by atoms with E-state index in [1.165, 1.54) is 43.9 Å². The molecule has 2 amide bonds. The van der Waals surface area contributed by atoms with Crippen LogP contribution in [0.1, 0.15) is 61.4 Å². The van der Waals surface area contributed by atoms with Crippen molar-refractivity contribution < 1.29 is 14.3 Å². The van der Waals surface area contributed by atoms with Crippen LogP contribution in [0.4, 0.5) is 0 Å². The van der Waals surface area contributed by atoms with Crippen molar-refractivity contribution in [3.63, 3.8) is 0 Å². The van der Waals surface area contributed by atoms with Gasteiger partial charge in [-0.2, -0.15) is 0 Å². The van der Waals surface area contributed by atoms with Crippen LogP contribution in [0.25, 0.3) is 0 Å². The van der Waals surface area contributed by atoms with Crippen LogP contribution in [0, 0.1) is 5.92 Å². The van der Waals surface area contributed by atoms with Crippen molar-refractivity contribution in [3.8, 4) is 5.88 Å². The van der Waals surface area contributed by atoms with Gasteiger partial charge in [0, 0.05) is 29.7 Å². The van der Waals surface area contributed by atoms with Gasteiger partial charge in [-0.1, -0.05) is 44.4 Å². The van der Waals surface area contributed by atoms with Crippen molar-refractivity contribution in [1.29, 1.82) is 0 Å². The molecule has 0 radical (unpaired) electrons. The van der Waals surface area contributed by atoms with Crippen molar-refractivity contribution in [2.75, 3.05) is 18.9 Å². The molecule has 0 bridgehead atoms. The summed E-state index contributed by atoms with van der Waals surface area (Å²) in [6.07, 6.45) is 8.83. The average molecular weight is 456 g/mol. The topological polar surface area (TPSA) is 80.3 Å². The summed E-state index contributed by atoms with van der Waals surface area (Å²) in [4.78, 5) is 30.2. The smallest absolute Gasteiger partial charge is 0.252 e. The van der Waals surface area contributed by atoms with E-state index in [0.717, 1.165) is 23.4 Å². The summed E-state index contributed by atoms with van der Waals surface area (Å²) in [6, 6.07) is 11.1. The lowest BCUT2D eigenvalue weighted by Gasteiger charge is -2.21. The number of rotatable bonds is 11. The minimum absolute atomic E-state index is 0.0175. The monoisotopic (exact) mass is 455 g/mol. The highest BCUT2D eigenvalue weighted by Gasteiger charge is 2.16. The normalized spacial score (nSPS) is 14.0. The molecule has 1 fully saturated rings. The van der Waals surface area contributed by atoms with E-state index in [4.69, 9.17) is 4.74 Å². The highest BCUT2D eigenvalue weighted by molar-refractivity contribution is 8.00. The standard InChI is InChI=1S/C25H33N3O3S/c1-2-15-31-25-20(11-8-14-26-25)17-28-24(30)21-12-6-7-13-22(21)32-18-23(29)27-16-19-9-4-3-5-10-19/h6-8,11-14,19H,2-5,9-10,15-18H2,1H3,(H,27,29)(H,28,30). The van der Waals surface area contributed by atoms with E-state index in [1.54, 1.807) is 12.3 Å². The summed E-state index contributed by atoms with van der Waals surface area (Å²) in [5.74, 6) is 1.29. The molecule has 172 valence electrons. The van der Waals surface area contributed by atoms with Gasteiger partial charge in [0.15, 0.2) is 0 Å². The van der Waals surface area contributed by atoms with Gasteiger partial charge in [-0.05, 0) is 43.4 Å². The Hall–Kier alpha value is -2.54. The van der Waals surface area contributed by atoms with E-state index in [0.29, 0.717) is 36.3 Å². The molecule has 6 nitrogen and oxygen atoms in total. The summed E-state index contributed by atoms with van der Waals surface area (Å²) >= 11 is 1.40. The first-order valence-corrected chi connectivity index (χ1v) is 12.5. The zero-order valence-electron chi connectivity index (χ0n) is 18.8. The summed E-state index contributed by atoms with van der Waals surface area (Å²) in [5, 5.41) is 6.02. The van der Waals surface area contributed by atoms with Crippen LogP contribution < -0.4 is 15.4 Å². The van der Waals surface area contributed by atoms with E-state index < -0.39 is 0 Å². The quantitative estimate of drug-likeness (QED) is 0.485. The van der Waals surface area contributed by atoms with Gasteiger partial charge in [0.25, 0.3) is 5.91 Å². The maximum Gasteiger partial charge on any atom is 0.252 e. The van der Waals surface area contributed by atoms with Crippen molar-refractivity contribution in [1.82, 2.24) is 15.6 Å². The molecule has 0 atom stereocenters. The first kappa shape index (κ1) is 24.1. The first-order valence-electron chi connectivity index (χ1n) is 11.5. The van der Waals surface area contributed by atoms with Crippen LogP contribution in [0.2, 0.25) is 0 Å². The molecule has 1 heterocycles. The molecular formula is C25H33N3O3S. The molecule has 0 spiro atoms. The SMILES string of the molecule is CCCOc1ncccc1CNC(=O)c1ccccc1SCC(=O)NCC1CCCCC1. The summed E-state index contributed by atoms with van der Waals surface area (Å²) in [7, 11) is 0. The van der Waals surface area contributed by atoms with Gasteiger partial charge in [0.1, 0.15) is 0 Å². The molecule has 1 aromatic carbocycles. The number of nitrogens with one attached hydrogen (secondary N) is 2. The number of aromatic nitrogens is 1. The third-order valence-electron chi connectivity index (χ3n) is 5.54. The van der Waals surface area contributed by atoms with Crippen molar-refractivity contribution in [2.45, 2.75) is 56.9 Å². The lowest BCUT2D eigenvalue weighted by molar-refractivity contribution is -0.118. The Labute approximate surface area is 194 Å². The second-order valence-corrected chi connectivity index (χ2v) is 9.11. The van der Waals surface area contributed by atoms with Crippen molar-refractivity contribution in [3.05, 3.63) is 53.7 Å². The number of nitrogens with zero attached hydrogens (tertiary/aromatic N) is 1. The number of benzene rings is 1. The van der Waals surface area contributed by atoms with Crippen LogP contribution in [0.5, 0.6) is 5.88 Å². The minimum Gasteiger partial charge on any atom is -0.477 e. The highest BCUT2D eigenvalue weighted by atomic mass is 32.2. The number of thioether (sulfide) groups is 1. The Kier molecular flexibility index (Phi) is 9.88. The van der Waals surface area contributed by atoms with Crippen molar-refractivity contribution in [2.24, 2.45) is 5.92 Å². The van der Waals surface area contributed by atoms with Gasteiger partial charge in [-0.25, -0.2) is 4.98 Å². The number of ether oxygens (including phenoxy) is 1. The maximum absolute atomic E-state index is 12.9. The van der Waals surface area contributed by atoms with Crippen molar-refractivity contribution >= 4 is 23.6 Å². The Morgan fingerprint density at radius 2 is 1.91 bits per heavy atom. The summed E-state index contributed by atoms with van der Waals surface area (Å²) < 4.78 is 5.67. The van der Waals surface area contributed by atoms with Crippen LogP contribution in [-0.2, 0) is 11.3 Å². The zero-order chi connectivity index (χ0) is 22.6. The summed E-state index contributed by atoms with van der Waals surface area (Å²) in [6.45, 7) is 3.71. The maximum atomic E-state index is 12.9. The predicted octanol–water partition coefficient (Wildman–Crippen LogP) is 4.59. The molecule has 0 unspecified atom stereocenters. The van der Waals surface area contributed by atoms with Gasteiger partial charge in [-0.3, -0.25) is 9.59 Å². The predicted molar refractivity (Wildman–Crippen MR) is 128 cm³/mol. The van der Waals surface area contributed by atoms with Crippen LogP contribution in [0.3, 0.4) is 0 Å². The molecule has 1 aromatic heterocycles. The molecule has 2 aromatic rings. The lowest BCUT2D eigenvalue weighted by Crippen LogP contribution is -2.31. The molecule has 1 aliphatic rings. The number of carbonyl (C=O) groups excluding carboxylic acids is 2. The third kappa shape index (κ3) is 7.55. The van der Waals surface area contributed by atoms with Gasteiger partial charge in [0.2, 0.25) is 11.8 Å². The van der Waals surface area contributed by atoms with Gasteiger partial charge >= 0.3 is 0 Å². The Balaban J connectivity index is 1.52. The average Bonchev–Trinajstić information content (AvgIpc) is 2.84. The van der Waals surface area contributed by atoms with Gasteiger partial charge in [0.05, 0.1) is 17.9 Å². The number of amides is 2. The van der Waals surface area contributed by atoms with Crippen LogP contribution >= 0.6 is 11.8 Å². The number of hydrogen-bond acceptors (Lipinski definition) is 5. The Morgan fingerprint density at radius 1 is 1.09 bits per heavy atom. The Bertz CT molecular complexity index is 884. The molecule has 0 aliphatic heterocycles. The summed E-state index contributed by atoms with van der Waals surface area (Å²) in [5.41, 5.74) is 1.40. The second-order valence-electron chi connectivity index (χ2n) is 8.09. The van der Waals surface area contributed by atoms with E-state index in [1.807, 2.05) is 37.3 Å². The largest absolute Gasteiger partial charge is 0.477 e. The molecule has 2 N–H and O–H groups in total. The fraction of sp³-hybridized carbons (Fsp3) is 0.480. The van der Waals surface area contributed by atoms with E-state index >= 15 is 0 Å². The molecular weight excluding hydrogens is 422 g/mol. The first-order chi connectivity index (χ1) is 15.7. The molecule has 32 heavy (non-hydrogen) atoms. The van der Waals surface area contributed by atoms with E-state index in [9.17, 15) is 9.59 Å². The minimum atomic E-state index is -0.180. The van der Waals surface area contributed by atoms with Crippen LogP contribution in [-0.4, -0.2) is 35.7 Å². The number of pyridine rings is 1. The third-order valence-corrected chi connectivity index (χ3v) is 6.61. The molecule has 3 rings (SSSR count). The highest BCUT2D eigenvalue weighted by Crippen LogP contribution is 2.24. The molecule has 0 saturated heterocycles. The zero-order valence-corrected chi connectivity index (χ0v) is 19.6. The van der Waals surface area contributed by atoms with E-state index in [-0.39, 0.29) is 11.8 Å². The fourth-order valence-corrected chi connectivity index (χ4v) is 4.66. The fourth-order valence-electron chi connectivity index (χ4n) is 3.78. The van der Waals surface area contributed by atoms with Crippen LogP contribution in [0.15, 0.2) is 47.5 Å². The molecule has 1 aliphatic carbocycles. The number of carbonyl (C=O) groups is 2. The number of hydrogen-bond donors (Lipinski definition) is 2. The molecule has 1 saturated carbocycles. The lowest BCUT2D eigenvalue weighted by atomic mass is 9.89. The van der Waals surface area contributed by atoms with Gasteiger partial charge in [-0.15, -0.1) is 11.8 Å². The molecule has 7 heteroatoms. The Morgan fingerprint density at radius 3 is 2.72 bits per heavy atom. The van der Waals surface area contributed by atoms with E-state index in [2.05, 4.69) is 15.6 Å².